The molecule has 0 radical (unpaired) electrons. The van der Waals surface area contributed by atoms with E-state index in [0.717, 1.165) is 5.56 Å². The molecule has 1 aliphatic heterocycles. The number of hydrogen-bond acceptors (Lipinski definition) is 7. The molecule has 3 N–H and O–H groups in total. The van der Waals surface area contributed by atoms with Gasteiger partial charge in [0.1, 0.15) is 29.1 Å². The Hall–Kier alpha value is -3.75. The van der Waals surface area contributed by atoms with Gasteiger partial charge in [-0.05, 0) is 23.3 Å². The molecule has 3 aromatic carbocycles. The van der Waals surface area contributed by atoms with E-state index >= 15 is 0 Å². The minimum atomic E-state index is -1.99. The van der Waals surface area contributed by atoms with E-state index in [1.807, 2.05) is 30.3 Å². The molecule has 8 heteroatoms. The zero-order chi connectivity index (χ0) is 24.8. The Morgan fingerprint density at radius 1 is 0.943 bits per heavy atom. The zero-order valence-electron chi connectivity index (χ0n) is 19.6. The smallest absolute Gasteiger partial charge is 0.207 e. The topological polar surface area (TPSA) is 106 Å². The van der Waals surface area contributed by atoms with E-state index < -0.39 is 29.3 Å². The van der Waals surface area contributed by atoms with Gasteiger partial charge < -0.3 is 34.5 Å². The van der Waals surface area contributed by atoms with Gasteiger partial charge in [0, 0.05) is 12.1 Å². The summed E-state index contributed by atoms with van der Waals surface area (Å²) in [5.41, 5.74) is -1.85. The lowest BCUT2D eigenvalue weighted by Crippen LogP contribution is -2.52. The average Bonchev–Trinajstić information content (AvgIpc) is 3.27. The summed E-state index contributed by atoms with van der Waals surface area (Å²) in [7, 11) is 4.57. The van der Waals surface area contributed by atoms with Crippen LogP contribution in [0.2, 0.25) is 0 Å². The van der Waals surface area contributed by atoms with Crippen molar-refractivity contribution in [3.63, 3.8) is 0 Å². The van der Waals surface area contributed by atoms with E-state index in [4.69, 9.17) is 18.9 Å². The van der Waals surface area contributed by atoms with Gasteiger partial charge in [-0.25, -0.2) is 0 Å². The van der Waals surface area contributed by atoms with Crippen molar-refractivity contribution in [2.24, 2.45) is 0 Å². The third kappa shape index (κ3) is 3.03. The van der Waals surface area contributed by atoms with Crippen molar-refractivity contribution < 1.29 is 34.0 Å². The van der Waals surface area contributed by atoms with Crippen LogP contribution < -0.4 is 24.3 Å². The van der Waals surface area contributed by atoms with E-state index in [1.165, 1.54) is 14.2 Å². The van der Waals surface area contributed by atoms with Gasteiger partial charge >= 0.3 is 0 Å². The van der Waals surface area contributed by atoms with Gasteiger partial charge in [-0.3, -0.25) is 4.79 Å². The van der Waals surface area contributed by atoms with Crippen molar-refractivity contribution in [2.75, 3.05) is 21.3 Å². The Balaban J connectivity index is 1.86. The molecule has 1 aliphatic carbocycles. The van der Waals surface area contributed by atoms with Crippen LogP contribution in [0.25, 0.3) is 0 Å². The van der Waals surface area contributed by atoms with Crippen LogP contribution in [0.15, 0.2) is 66.7 Å². The molecular formula is C27H27NO7. The lowest BCUT2D eigenvalue weighted by atomic mass is 9.71. The summed E-state index contributed by atoms with van der Waals surface area (Å²) in [6, 6.07) is 18.9. The number of methoxy groups -OCH3 is 3. The van der Waals surface area contributed by atoms with Gasteiger partial charge in [0.15, 0.2) is 11.2 Å². The first-order valence-corrected chi connectivity index (χ1v) is 11.2. The zero-order valence-corrected chi connectivity index (χ0v) is 19.6. The lowest BCUT2D eigenvalue weighted by molar-refractivity contribution is -0.151. The van der Waals surface area contributed by atoms with Crippen LogP contribution in [0.4, 0.5) is 0 Å². The van der Waals surface area contributed by atoms with Crippen molar-refractivity contribution in [3.05, 3.63) is 83.4 Å². The van der Waals surface area contributed by atoms with Gasteiger partial charge in [-0.15, -0.1) is 0 Å². The maximum atomic E-state index is 12.6. The van der Waals surface area contributed by atoms with Crippen LogP contribution in [-0.2, 0) is 16.0 Å². The van der Waals surface area contributed by atoms with Crippen LogP contribution in [0, 0.1) is 0 Å². The van der Waals surface area contributed by atoms with E-state index in [9.17, 15) is 15.0 Å². The summed E-state index contributed by atoms with van der Waals surface area (Å²) >= 11 is 0. The number of rotatable bonds is 7. The molecule has 0 spiro atoms. The Kier molecular flexibility index (Phi) is 5.57. The molecule has 1 amide bonds. The second-order valence-electron chi connectivity index (χ2n) is 8.68. The molecular weight excluding hydrogens is 450 g/mol. The first-order valence-electron chi connectivity index (χ1n) is 11.2. The number of amides is 1. The molecule has 5 rings (SSSR count). The molecule has 1 heterocycles. The van der Waals surface area contributed by atoms with Gasteiger partial charge in [0.05, 0.1) is 38.9 Å². The van der Waals surface area contributed by atoms with Crippen molar-refractivity contribution in [1.82, 2.24) is 5.32 Å². The molecule has 35 heavy (non-hydrogen) atoms. The number of ether oxygens (including phenoxy) is 4. The number of hydrogen-bond donors (Lipinski definition) is 3. The Morgan fingerprint density at radius 2 is 1.63 bits per heavy atom. The summed E-state index contributed by atoms with van der Waals surface area (Å²) in [6.45, 7) is 0. The van der Waals surface area contributed by atoms with Gasteiger partial charge in [0.2, 0.25) is 6.41 Å². The normalized spacial score (nSPS) is 28.4. The molecule has 2 aliphatic rings. The van der Waals surface area contributed by atoms with Crippen LogP contribution in [0.1, 0.15) is 22.6 Å². The Bertz CT molecular complexity index is 1230. The molecule has 0 saturated heterocycles. The van der Waals surface area contributed by atoms with Crippen molar-refractivity contribution in [2.45, 2.75) is 29.3 Å². The number of nitrogens with one attached hydrogen (secondary N) is 1. The summed E-state index contributed by atoms with van der Waals surface area (Å²) in [6.07, 6.45) is -0.911. The van der Waals surface area contributed by atoms with E-state index in [2.05, 4.69) is 5.32 Å². The first-order chi connectivity index (χ1) is 17.0. The number of fused-ring (bicyclic) bond motifs is 3. The second kappa shape index (κ2) is 8.48. The molecule has 0 bridgehead atoms. The Morgan fingerprint density at radius 3 is 2.23 bits per heavy atom. The van der Waals surface area contributed by atoms with Gasteiger partial charge in [-0.1, -0.05) is 42.5 Å². The van der Waals surface area contributed by atoms with E-state index in [1.54, 1.807) is 43.5 Å². The predicted octanol–water partition coefficient (Wildman–Crippen LogP) is 2.46. The van der Waals surface area contributed by atoms with Crippen molar-refractivity contribution in [1.29, 1.82) is 0 Å². The number of carbonyl (C=O) groups is 1. The minimum Gasteiger partial charge on any atom is -0.497 e. The highest BCUT2D eigenvalue weighted by atomic mass is 16.5. The molecule has 8 nitrogen and oxygen atoms in total. The molecule has 0 aromatic heterocycles. The van der Waals surface area contributed by atoms with Gasteiger partial charge in [0.25, 0.3) is 0 Å². The number of benzene rings is 3. The maximum absolute atomic E-state index is 12.6. The number of aliphatic hydroxyl groups excluding tert-OH is 1. The molecule has 0 unspecified atom stereocenters. The van der Waals surface area contributed by atoms with Crippen LogP contribution >= 0.6 is 0 Å². The highest BCUT2D eigenvalue weighted by Gasteiger charge is 2.77. The summed E-state index contributed by atoms with van der Waals surface area (Å²) in [5, 5.41) is 27.1. The van der Waals surface area contributed by atoms with Crippen molar-refractivity contribution in [3.8, 4) is 23.0 Å². The number of carbonyl (C=O) groups excluding carboxylic acids is 1. The highest BCUT2D eigenvalue weighted by molar-refractivity contribution is 5.64. The maximum Gasteiger partial charge on any atom is 0.207 e. The standard InChI is InChI=1S/C27H27NO7/c1-32-18-11-9-17(10-12-18)27-22(16-7-5-4-6-8-16)24(28-15-29)25(30)26(27,31)23-20(34-3)13-19(33-2)14-21(23)35-27/h4-15,22,24-25,30-31H,1-3H3,(H,28,29)/t22-,24-,25-,26+,27+/m1/s1. The van der Waals surface area contributed by atoms with E-state index in [0.29, 0.717) is 40.5 Å². The predicted molar refractivity (Wildman–Crippen MR) is 127 cm³/mol. The minimum absolute atomic E-state index is 0.292. The first kappa shape index (κ1) is 23.0. The molecule has 3 aromatic rings. The Labute approximate surface area is 203 Å². The molecule has 5 atom stereocenters. The highest BCUT2D eigenvalue weighted by Crippen LogP contribution is 2.68. The SMILES string of the molecule is COc1ccc([C@@]23Oc4cc(OC)cc(OC)c4[C@]2(O)[C@H](O)[C@H](NC=O)[C@H]3c2ccccc2)cc1. The average molecular weight is 478 g/mol. The molecule has 1 fully saturated rings. The summed E-state index contributed by atoms with van der Waals surface area (Å²) < 4.78 is 23.1. The fourth-order valence-electron chi connectivity index (χ4n) is 5.77. The van der Waals surface area contributed by atoms with E-state index in [-0.39, 0.29) is 0 Å². The largest absolute Gasteiger partial charge is 0.497 e. The van der Waals surface area contributed by atoms with Crippen LogP contribution in [-0.4, -0.2) is 50.1 Å². The van der Waals surface area contributed by atoms with Crippen LogP contribution in [0.5, 0.6) is 23.0 Å². The quantitative estimate of drug-likeness (QED) is 0.449. The fourth-order valence-corrected chi connectivity index (χ4v) is 5.77. The fraction of sp³-hybridized carbons (Fsp3) is 0.296. The third-order valence-electron chi connectivity index (χ3n) is 7.22. The monoisotopic (exact) mass is 477 g/mol. The molecule has 1 saturated carbocycles. The lowest BCUT2D eigenvalue weighted by Gasteiger charge is -2.40. The van der Waals surface area contributed by atoms with Crippen molar-refractivity contribution >= 4 is 6.41 Å². The summed E-state index contributed by atoms with van der Waals surface area (Å²) in [4.78, 5) is 11.7. The molecule has 182 valence electrons. The number of aliphatic hydroxyl groups is 2. The van der Waals surface area contributed by atoms with Gasteiger partial charge in [-0.2, -0.15) is 0 Å². The summed E-state index contributed by atoms with van der Waals surface area (Å²) in [5.74, 6) is 1.05. The van der Waals surface area contributed by atoms with Crippen LogP contribution in [0.3, 0.4) is 0 Å². The third-order valence-corrected chi connectivity index (χ3v) is 7.22. The second-order valence-corrected chi connectivity index (χ2v) is 8.68.